The quantitative estimate of drug-likeness (QED) is 0.305. The van der Waals surface area contributed by atoms with Gasteiger partial charge in [0.05, 0.1) is 29.0 Å². The lowest BCUT2D eigenvalue weighted by molar-refractivity contribution is -0.384. The van der Waals surface area contributed by atoms with Gasteiger partial charge in [0.15, 0.2) is 0 Å². The largest absolute Gasteiger partial charge is 0.496 e. The first kappa shape index (κ1) is 21.8. The van der Waals surface area contributed by atoms with E-state index in [2.05, 4.69) is 0 Å². The van der Waals surface area contributed by atoms with E-state index in [1.54, 1.807) is 11.7 Å². The normalized spacial score (nSPS) is 10.6. The molecule has 1 aromatic heterocycles. The Balaban J connectivity index is 1.70. The summed E-state index contributed by atoms with van der Waals surface area (Å²) in [4.78, 5) is 25.4. The molecule has 0 spiro atoms. The van der Waals surface area contributed by atoms with Crippen molar-refractivity contribution in [1.29, 1.82) is 0 Å². The van der Waals surface area contributed by atoms with Gasteiger partial charge in [-0.1, -0.05) is 48.5 Å². The number of carbonyl (C=O) groups excluding carboxylic acids is 1. The van der Waals surface area contributed by atoms with Crippen LogP contribution in [0.15, 0.2) is 85.1 Å². The molecule has 166 valence electrons. The fourth-order valence-corrected chi connectivity index (χ4v) is 3.59. The fourth-order valence-electron chi connectivity index (χ4n) is 3.59. The zero-order valence-corrected chi connectivity index (χ0v) is 18.2. The zero-order chi connectivity index (χ0) is 23.4. The predicted molar refractivity (Wildman–Crippen MR) is 124 cm³/mol. The number of nitro benzene ring substituents is 1. The molecule has 4 rings (SSSR count). The van der Waals surface area contributed by atoms with Gasteiger partial charge in [-0.05, 0) is 18.2 Å². The molecular formula is C25H22N4O4. The number of methoxy groups -OCH3 is 1. The molecule has 3 aromatic carbocycles. The van der Waals surface area contributed by atoms with Crippen molar-refractivity contribution in [3.63, 3.8) is 0 Å². The number of amides is 1. The van der Waals surface area contributed by atoms with E-state index in [-0.39, 0.29) is 29.5 Å². The Morgan fingerprint density at radius 2 is 1.73 bits per heavy atom. The van der Waals surface area contributed by atoms with Crippen molar-refractivity contribution in [2.45, 2.75) is 6.54 Å². The van der Waals surface area contributed by atoms with Gasteiger partial charge in [0.1, 0.15) is 5.75 Å². The number of non-ortho nitro benzene ring substituents is 1. The van der Waals surface area contributed by atoms with E-state index in [0.29, 0.717) is 0 Å². The van der Waals surface area contributed by atoms with Gasteiger partial charge in [-0.2, -0.15) is 5.10 Å². The molecule has 1 heterocycles. The number of hydrogen-bond donors (Lipinski definition) is 0. The highest BCUT2D eigenvalue weighted by Crippen LogP contribution is 2.28. The van der Waals surface area contributed by atoms with Crippen LogP contribution in [0.25, 0.3) is 16.9 Å². The summed E-state index contributed by atoms with van der Waals surface area (Å²) >= 11 is 0. The molecule has 0 aliphatic heterocycles. The molecule has 0 N–H and O–H groups in total. The molecule has 0 aliphatic carbocycles. The van der Waals surface area contributed by atoms with Crippen LogP contribution in [0.3, 0.4) is 0 Å². The molecule has 8 nitrogen and oxygen atoms in total. The van der Waals surface area contributed by atoms with Crippen molar-refractivity contribution < 1.29 is 14.5 Å². The predicted octanol–water partition coefficient (Wildman–Crippen LogP) is 4.73. The van der Waals surface area contributed by atoms with E-state index in [4.69, 9.17) is 9.84 Å². The summed E-state index contributed by atoms with van der Waals surface area (Å²) in [5.74, 6) is -0.109. The summed E-state index contributed by atoms with van der Waals surface area (Å²) in [5.41, 5.74) is 3.38. The summed E-state index contributed by atoms with van der Waals surface area (Å²) in [7, 11) is 3.07. The Kier molecular flexibility index (Phi) is 6.17. The molecule has 4 aromatic rings. The molecule has 0 aliphatic rings. The maximum atomic E-state index is 13.2. The van der Waals surface area contributed by atoms with E-state index in [1.807, 2.05) is 66.9 Å². The molecule has 0 bridgehead atoms. The monoisotopic (exact) mass is 442 g/mol. The Morgan fingerprint density at radius 1 is 1.06 bits per heavy atom. The summed E-state index contributed by atoms with van der Waals surface area (Å²) in [6, 6.07) is 23.4. The lowest BCUT2D eigenvalue weighted by atomic mass is 10.1. The van der Waals surface area contributed by atoms with Gasteiger partial charge in [0.2, 0.25) is 0 Å². The minimum atomic E-state index is -0.534. The fraction of sp³-hybridized carbons (Fsp3) is 0.120. The molecule has 0 atom stereocenters. The zero-order valence-electron chi connectivity index (χ0n) is 18.2. The Bertz CT molecular complexity index is 1290. The number of hydrogen-bond acceptors (Lipinski definition) is 5. The first-order valence-electron chi connectivity index (χ1n) is 10.2. The van der Waals surface area contributed by atoms with Gasteiger partial charge < -0.3 is 9.64 Å². The van der Waals surface area contributed by atoms with Gasteiger partial charge in [-0.15, -0.1) is 0 Å². The number of benzene rings is 3. The second-order valence-corrected chi connectivity index (χ2v) is 7.45. The molecule has 0 saturated heterocycles. The molecule has 1 amide bonds. The van der Waals surface area contributed by atoms with Crippen LogP contribution in [-0.2, 0) is 6.54 Å². The summed E-state index contributed by atoms with van der Waals surface area (Å²) in [6.45, 7) is 0.252. The Morgan fingerprint density at radius 3 is 2.36 bits per heavy atom. The smallest absolute Gasteiger partial charge is 0.270 e. The highest BCUT2D eigenvalue weighted by Gasteiger charge is 2.22. The van der Waals surface area contributed by atoms with Crippen molar-refractivity contribution in [1.82, 2.24) is 14.7 Å². The van der Waals surface area contributed by atoms with Crippen LogP contribution in [0.4, 0.5) is 5.69 Å². The van der Waals surface area contributed by atoms with Crippen molar-refractivity contribution in [2.24, 2.45) is 0 Å². The molecule has 0 saturated carbocycles. The number of ether oxygens (including phenoxy) is 1. The lowest BCUT2D eigenvalue weighted by Crippen LogP contribution is -2.26. The van der Waals surface area contributed by atoms with Gasteiger partial charge >= 0.3 is 0 Å². The van der Waals surface area contributed by atoms with Gasteiger partial charge in [-0.25, -0.2) is 4.68 Å². The van der Waals surface area contributed by atoms with E-state index >= 15 is 0 Å². The topological polar surface area (TPSA) is 90.5 Å². The summed E-state index contributed by atoms with van der Waals surface area (Å²) < 4.78 is 7.05. The van der Waals surface area contributed by atoms with E-state index in [0.717, 1.165) is 22.5 Å². The number of carbonyl (C=O) groups is 1. The number of aromatic nitrogens is 2. The van der Waals surface area contributed by atoms with Gasteiger partial charge in [-0.3, -0.25) is 14.9 Å². The van der Waals surface area contributed by atoms with Crippen molar-refractivity contribution >= 4 is 11.6 Å². The van der Waals surface area contributed by atoms with E-state index in [9.17, 15) is 14.9 Å². The van der Waals surface area contributed by atoms with Crippen LogP contribution >= 0.6 is 0 Å². The highest BCUT2D eigenvalue weighted by atomic mass is 16.6. The second kappa shape index (κ2) is 9.35. The molecule has 33 heavy (non-hydrogen) atoms. The summed E-state index contributed by atoms with van der Waals surface area (Å²) in [6.07, 6.45) is 1.89. The summed E-state index contributed by atoms with van der Waals surface area (Å²) in [5, 5.41) is 16.0. The van der Waals surface area contributed by atoms with Crippen molar-refractivity contribution in [2.75, 3.05) is 14.2 Å². The molecular weight excluding hydrogens is 420 g/mol. The Hall–Kier alpha value is -4.46. The van der Waals surface area contributed by atoms with Crippen molar-refractivity contribution in [3.05, 3.63) is 106 Å². The first-order valence-corrected chi connectivity index (χ1v) is 10.2. The van der Waals surface area contributed by atoms with Crippen LogP contribution in [0, 0.1) is 10.1 Å². The molecule has 0 radical (unpaired) electrons. The van der Waals surface area contributed by atoms with Gasteiger partial charge in [0.25, 0.3) is 11.6 Å². The van der Waals surface area contributed by atoms with Crippen molar-refractivity contribution in [3.8, 4) is 22.7 Å². The highest BCUT2D eigenvalue weighted by molar-refractivity contribution is 5.97. The average Bonchev–Trinajstić information content (AvgIpc) is 3.27. The minimum Gasteiger partial charge on any atom is -0.496 e. The molecule has 0 fully saturated rings. The van der Waals surface area contributed by atoms with Crippen LogP contribution in [0.2, 0.25) is 0 Å². The number of nitrogens with zero attached hydrogens (tertiary/aromatic N) is 4. The Labute approximate surface area is 190 Å². The van der Waals surface area contributed by atoms with Gasteiger partial charge in [0, 0.05) is 43.0 Å². The SMILES string of the molecule is COc1ccc([N+](=O)[O-])cc1C(=O)N(C)Cc1cn(-c2ccccc2)nc1-c1ccccc1. The standard InChI is InChI=1S/C25H22N4O4/c1-27(25(30)22-15-21(29(31)32)13-14-23(22)33-2)16-19-17-28(20-11-7-4-8-12-20)26-24(19)18-9-5-3-6-10-18/h3-15,17H,16H2,1-2H3. The third-order valence-corrected chi connectivity index (χ3v) is 5.24. The lowest BCUT2D eigenvalue weighted by Gasteiger charge is -2.18. The first-order chi connectivity index (χ1) is 16.0. The average molecular weight is 442 g/mol. The number of rotatable bonds is 7. The third kappa shape index (κ3) is 4.59. The van der Waals surface area contributed by atoms with E-state index in [1.165, 1.54) is 30.2 Å². The van der Waals surface area contributed by atoms with Crippen LogP contribution in [0.5, 0.6) is 5.75 Å². The molecule has 0 unspecified atom stereocenters. The third-order valence-electron chi connectivity index (χ3n) is 5.24. The second-order valence-electron chi connectivity index (χ2n) is 7.45. The van der Waals surface area contributed by atoms with Crippen LogP contribution in [0.1, 0.15) is 15.9 Å². The molecule has 8 heteroatoms. The maximum Gasteiger partial charge on any atom is 0.270 e. The van der Waals surface area contributed by atoms with E-state index < -0.39 is 4.92 Å². The number of para-hydroxylation sites is 1. The van der Waals surface area contributed by atoms with Crippen LogP contribution < -0.4 is 4.74 Å². The minimum absolute atomic E-state index is 0.130. The number of nitro groups is 1. The maximum absolute atomic E-state index is 13.2. The van der Waals surface area contributed by atoms with Crippen LogP contribution in [-0.4, -0.2) is 39.7 Å².